The Morgan fingerprint density at radius 3 is 2.96 bits per heavy atom. The number of anilines is 1. The van der Waals surface area contributed by atoms with Gasteiger partial charge in [0.2, 0.25) is 5.91 Å². The van der Waals surface area contributed by atoms with E-state index in [-0.39, 0.29) is 5.91 Å². The van der Waals surface area contributed by atoms with Crippen molar-refractivity contribution >= 4 is 22.9 Å². The molecule has 5 rings (SSSR count). The first-order valence-electron chi connectivity index (χ1n) is 9.79. The van der Waals surface area contributed by atoms with Crippen LogP contribution >= 0.6 is 11.3 Å². The molecule has 0 radical (unpaired) electrons. The molecule has 0 atom stereocenters. The largest absolute Gasteiger partial charge is 0.468 e. The molecule has 3 heterocycles. The lowest BCUT2D eigenvalue weighted by Crippen LogP contribution is -2.40. The van der Waals surface area contributed by atoms with Gasteiger partial charge in [0, 0.05) is 29.2 Å². The first kappa shape index (κ1) is 17.6. The van der Waals surface area contributed by atoms with Gasteiger partial charge in [-0.25, -0.2) is 4.98 Å². The second kappa shape index (κ2) is 7.18. The van der Waals surface area contributed by atoms with Crippen molar-refractivity contribution in [3.63, 3.8) is 0 Å². The summed E-state index contributed by atoms with van der Waals surface area (Å²) in [6, 6.07) is 10.7. The number of nitrogens with zero attached hydrogens (tertiary/aromatic N) is 3. The number of rotatable bonds is 6. The Morgan fingerprint density at radius 2 is 2.25 bits per heavy atom. The molecule has 1 amide bonds. The van der Waals surface area contributed by atoms with Crippen LogP contribution < -0.4 is 4.90 Å². The summed E-state index contributed by atoms with van der Waals surface area (Å²) in [7, 11) is 0. The van der Waals surface area contributed by atoms with Gasteiger partial charge < -0.3 is 9.32 Å². The maximum atomic E-state index is 13.1. The van der Waals surface area contributed by atoms with Crippen molar-refractivity contribution in [1.29, 1.82) is 0 Å². The van der Waals surface area contributed by atoms with E-state index >= 15 is 0 Å². The second-order valence-electron chi connectivity index (χ2n) is 7.61. The summed E-state index contributed by atoms with van der Waals surface area (Å²) in [5.41, 5.74) is 4.44. The van der Waals surface area contributed by atoms with Crippen LogP contribution in [0.4, 0.5) is 5.69 Å². The van der Waals surface area contributed by atoms with E-state index < -0.39 is 0 Å². The van der Waals surface area contributed by atoms with Gasteiger partial charge in [0.25, 0.3) is 0 Å². The van der Waals surface area contributed by atoms with E-state index in [2.05, 4.69) is 33.5 Å². The quantitative estimate of drug-likeness (QED) is 0.628. The molecule has 0 N–H and O–H groups in total. The van der Waals surface area contributed by atoms with E-state index in [1.807, 2.05) is 24.0 Å². The van der Waals surface area contributed by atoms with Crippen LogP contribution in [0.25, 0.3) is 11.3 Å². The van der Waals surface area contributed by atoms with Gasteiger partial charge in [-0.3, -0.25) is 9.69 Å². The van der Waals surface area contributed by atoms with Crippen LogP contribution in [0.5, 0.6) is 0 Å². The van der Waals surface area contributed by atoms with E-state index in [4.69, 9.17) is 4.42 Å². The van der Waals surface area contributed by atoms with Crippen molar-refractivity contribution in [1.82, 2.24) is 9.88 Å². The number of amides is 1. The van der Waals surface area contributed by atoms with Gasteiger partial charge in [0.1, 0.15) is 5.76 Å². The fourth-order valence-electron chi connectivity index (χ4n) is 3.93. The SMILES string of the molecule is Cc1nc(-c2ccc3c(c2)CCN3C(=O)CN(Cc2ccco2)C2CC2)cs1. The highest BCUT2D eigenvalue weighted by Crippen LogP contribution is 2.34. The number of fused-ring (bicyclic) bond motifs is 1. The summed E-state index contributed by atoms with van der Waals surface area (Å²) < 4.78 is 5.49. The van der Waals surface area contributed by atoms with Crippen LogP contribution in [0.2, 0.25) is 0 Å². The van der Waals surface area contributed by atoms with Gasteiger partial charge in [-0.15, -0.1) is 11.3 Å². The summed E-state index contributed by atoms with van der Waals surface area (Å²) in [6.07, 6.45) is 4.93. The molecular formula is C22H23N3O2S. The first-order valence-corrected chi connectivity index (χ1v) is 10.7. The molecule has 6 heteroatoms. The molecule has 1 aliphatic carbocycles. The Kier molecular flexibility index (Phi) is 4.53. The predicted octanol–water partition coefficient (Wildman–Crippen LogP) is 4.27. The number of hydrogen-bond acceptors (Lipinski definition) is 5. The van der Waals surface area contributed by atoms with Gasteiger partial charge in [-0.05, 0) is 56.0 Å². The minimum atomic E-state index is 0.175. The zero-order valence-electron chi connectivity index (χ0n) is 15.9. The van der Waals surface area contributed by atoms with Crippen LogP contribution in [-0.2, 0) is 17.8 Å². The third-order valence-electron chi connectivity index (χ3n) is 5.53. The Balaban J connectivity index is 1.31. The van der Waals surface area contributed by atoms with E-state index in [1.54, 1.807) is 17.6 Å². The molecule has 2 aliphatic rings. The van der Waals surface area contributed by atoms with Crippen molar-refractivity contribution in [3.8, 4) is 11.3 Å². The summed E-state index contributed by atoms with van der Waals surface area (Å²) in [6.45, 7) is 3.92. The molecule has 0 unspecified atom stereocenters. The second-order valence-corrected chi connectivity index (χ2v) is 8.67. The lowest BCUT2D eigenvalue weighted by Gasteiger charge is -2.24. The molecule has 1 aromatic carbocycles. The number of hydrogen-bond donors (Lipinski definition) is 0. The number of carbonyl (C=O) groups excluding carboxylic acids is 1. The van der Waals surface area contributed by atoms with Gasteiger partial charge in [-0.2, -0.15) is 0 Å². The molecule has 0 spiro atoms. The fourth-order valence-corrected chi connectivity index (χ4v) is 4.55. The Morgan fingerprint density at radius 1 is 1.36 bits per heavy atom. The minimum absolute atomic E-state index is 0.175. The molecule has 2 aromatic heterocycles. The topological polar surface area (TPSA) is 49.6 Å². The van der Waals surface area contributed by atoms with Crippen molar-refractivity contribution in [3.05, 3.63) is 58.3 Å². The minimum Gasteiger partial charge on any atom is -0.468 e. The molecule has 1 saturated carbocycles. The summed E-state index contributed by atoms with van der Waals surface area (Å²) in [4.78, 5) is 21.9. The third kappa shape index (κ3) is 3.50. The number of carbonyl (C=O) groups is 1. The van der Waals surface area contributed by atoms with Crippen molar-refractivity contribution in [2.24, 2.45) is 0 Å². The average molecular weight is 394 g/mol. The molecule has 1 fully saturated rings. The Hall–Kier alpha value is -2.44. The molecule has 28 heavy (non-hydrogen) atoms. The molecule has 5 nitrogen and oxygen atoms in total. The normalized spacial score (nSPS) is 16.0. The van der Waals surface area contributed by atoms with Crippen molar-refractivity contribution in [2.45, 2.75) is 38.8 Å². The highest BCUT2D eigenvalue weighted by Gasteiger charge is 2.33. The van der Waals surface area contributed by atoms with E-state index in [9.17, 15) is 4.79 Å². The van der Waals surface area contributed by atoms with Gasteiger partial charge in [0.15, 0.2) is 0 Å². The number of furan rings is 1. The Labute approximate surface area is 168 Å². The monoisotopic (exact) mass is 393 g/mol. The number of aromatic nitrogens is 1. The lowest BCUT2D eigenvalue weighted by atomic mass is 10.1. The fraction of sp³-hybridized carbons (Fsp3) is 0.364. The van der Waals surface area contributed by atoms with Crippen LogP contribution in [0.3, 0.4) is 0 Å². The molecule has 0 bridgehead atoms. The van der Waals surface area contributed by atoms with Gasteiger partial charge >= 0.3 is 0 Å². The van der Waals surface area contributed by atoms with Gasteiger partial charge in [0.05, 0.1) is 30.1 Å². The molecule has 3 aromatic rings. The predicted molar refractivity (Wildman–Crippen MR) is 110 cm³/mol. The number of thiazole rings is 1. The molecular weight excluding hydrogens is 370 g/mol. The van der Waals surface area contributed by atoms with Crippen LogP contribution in [0, 0.1) is 6.92 Å². The summed E-state index contributed by atoms with van der Waals surface area (Å²) >= 11 is 1.67. The molecule has 0 saturated heterocycles. The van der Waals surface area contributed by atoms with Crippen LogP contribution in [0.1, 0.15) is 29.2 Å². The maximum absolute atomic E-state index is 13.1. The number of benzene rings is 1. The standard InChI is InChI=1S/C22H23N3O2S/c1-15-23-20(14-28-15)16-4-7-21-17(11-16)8-9-25(21)22(26)13-24(18-5-6-18)12-19-3-2-10-27-19/h2-4,7,10-11,14,18H,5-6,8-9,12-13H2,1H3. The molecule has 1 aliphatic heterocycles. The van der Waals surface area contributed by atoms with Crippen LogP contribution in [-0.4, -0.2) is 34.9 Å². The van der Waals surface area contributed by atoms with Crippen LogP contribution in [0.15, 0.2) is 46.4 Å². The molecule has 144 valence electrons. The van der Waals surface area contributed by atoms with Crippen molar-refractivity contribution < 1.29 is 9.21 Å². The lowest BCUT2D eigenvalue weighted by molar-refractivity contribution is -0.120. The third-order valence-corrected chi connectivity index (χ3v) is 6.31. The smallest absolute Gasteiger partial charge is 0.241 e. The van der Waals surface area contributed by atoms with Crippen molar-refractivity contribution in [2.75, 3.05) is 18.0 Å². The Bertz CT molecular complexity index is 991. The highest BCUT2D eigenvalue weighted by atomic mass is 32.1. The zero-order chi connectivity index (χ0) is 19.1. The summed E-state index contributed by atoms with van der Waals surface area (Å²) in [5.74, 6) is 1.10. The summed E-state index contributed by atoms with van der Waals surface area (Å²) in [5, 5.41) is 3.17. The average Bonchev–Trinajstić information content (AvgIpc) is 3.07. The highest BCUT2D eigenvalue weighted by molar-refractivity contribution is 7.09. The first-order chi connectivity index (χ1) is 13.7. The van der Waals surface area contributed by atoms with E-state index in [1.165, 1.54) is 18.4 Å². The van der Waals surface area contributed by atoms with E-state index in [0.717, 1.165) is 40.7 Å². The number of aryl methyl sites for hydroxylation is 1. The zero-order valence-corrected chi connectivity index (χ0v) is 16.7. The van der Waals surface area contributed by atoms with E-state index in [0.29, 0.717) is 19.1 Å². The van der Waals surface area contributed by atoms with Gasteiger partial charge in [-0.1, -0.05) is 6.07 Å². The maximum Gasteiger partial charge on any atom is 0.241 e.